The van der Waals surface area contributed by atoms with Gasteiger partial charge in [-0.1, -0.05) is 54.6 Å². The monoisotopic (exact) mass is 428 g/mol. The van der Waals surface area contributed by atoms with Crippen molar-refractivity contribution in [2.75, 3.05) is 19.6 Å². The summed E-state index contributed by atoms with van der Waals surface area (Å²) in [6.07, 6.45) is 5.41. The number of rotatable bonds is 3. The second-order valence-corrected chi connectivity index (χ2v) is 10.6. The Morgan fingerprint density at radius 2 is 1.72 bits per heavy atom. The minimum Gasteiger partial charge on any atom is -0.337 e. The van der Waals surface area contributed by atoms with Crippen molar-refractivity contribution in [3.05, 3.63) is 71.3 Å². The van der Waals surface area contributed by atoms with Crippen LogP contribution in [0.15, 0.2) is 54.6 Å². The van der Waals surface area contributed by atoms with Crippen LogP contribution in [0.2, 0.25) is 0 Å². The Kier molecular flexibility index (Phi) is 4.30. The third kappa shape index (κ3) is 2.59. The number of nitrogens with zero attached hydrogens (tertiary/aromatic N) is 2. The first-order valence-corrected chi connectivity index (χ1v) is 12.4. The molecular formula is C27H32N4O. The van der Waals surface area contributed by atoms with E-state index in [2.05, 4.69) is 75.2 Å². The van der Waals surface area contributed by atoms with Gasteiger partial charge in [0, 0.05) is 37.0 Å². The quantitative estimate of drug-likeness (QED) is 0.789. The minimum absolute atomic E-state index is 0.233. The van der Waals surface area contributed by atoms with Crippen LogP contribution < -0.4 is 10.9 Å². The highest BCUT2D eigenvalue weighted by atomic mass is 16.2. The summed E-state index contributed by atoms with van der Waals surface area (Å²) in [5.74, 6) is 1.41. The van der Waals surface area contributed by atoms with Crippen molar-refractivity contribution >= 4 is 5.91 Å². The van der Waals surface area contributed by atoms with Crippen LogP contribution in [0, 0.1) is 11.8 Å². The molecule has 1 amide bonds. The predicted octanol–water partition coefficient (Wildman–Crippen LogP) is 2.68. The standard InChI is InChI=1S/C27H32N4O/c32-26-27-11-6-12-31(27)24(23-16-28-29-25(23)18-7-2-1-3-8-18)15-21(27)17-30(26)22-13-19-9-4-5-10-20(19)14-22/h1-5,7-10,21-25,28-29H,6,11-17H2/t21-,23?,24-,25?,27-/m0/s1. The first kappa shape index (κ1) is 19.3. The van der Waals surface area contributed by atoms with Gasteiger partial charge in [0.25, 0.3) is 0 Å². The summed E-state index contributed by atoms with van der Waals surface area (Å²) >= 11 is 0. The SMILES string of the molecule is O=C1N(C2Cc3ccccc3C2)C[C@@H]2C[C@@H](C3CNNC3c3ccccc3)N3CCC[C@@]123. The third-order valence-electron chi connectivity index (χ3n) is 9.27. The first-order chi connectivity index (χ1) is 15.8. The van der Waals surface area contributed by atoms with Crippen molar-refractivity contribution in [1.82, 2.24) is 20.7 Å². The molecule has 1 aliphatic carbocycles. The third-order valence-corrected chi connectivity index (χ3v) is 9.27. The molecule has 2 aromatic rings. The minimum atomic E-state index is -0.233. The van der Waals surface area contributed by atoms with Gasteiger partial charge in [-0.25, -0.2) is 5.43 Å². The van der Waals surface area contributed by atoms with Gasteiger partial charge in [0.2, 0.25) is 5.91 Å². The highest BCUT2D eigenvalue weighted by molar-refractivity contribution is 5.90. The van der Waals surface area contributed by atoms with E-state index in [1.807, 2.05) is 0 Å². The highest BCUT2D eigenvalue weighted by Crippen LogP contribution is 2.55. The Morgan fingerprint density at radius 1 is 0.969 bits per heavy atom. The second-order valence-electron chi connectivity index (χ2n) is 10.6. The molecule has 0 radical (unpaired) electrons. The molecule has 5 nitrogen and oxygen atoms in total. The lowest BCUT2D eigenvalue weighted by Gasteiger charge is -2.38. The fourth-order valence-electron chi connectivity index (χ4n) is 7.91. The van der Waals surface area contributed by atoms with Crippen LogP contribution in [0.3, 0.4) is 0 Å². The smallest absolute Gasteiger partial charge is 0.243 e. The normalized spacial score (nSPS) is 36.6. The van der Waals surface area contributed by atoms with Gasteiger partial charge in [-0.05, 0) is 55.3 Å². The maximum Gasteiger partial charge on any atom is 0.243 e. The van der Waals surface area contributed by atoms with E-state index >= 15 is 0 Å². The number of fused-ring (bicyclic) bond motifs is 1. The van der Waals surface area contributed by atoms with Crippen molar-refractivity contribution in [2.45, 2.75) is 55.8 Å². The molecule has 4 heterocycles. The van der Waals surface area contributed by atoms with Crippen LogP contribution >= 0.6 is 0 Å². The number of hydrazine groups is 1. The van der Waals surface area contributed by atoms with Gasteiger partial charge in [-0.15, -0.1) is 0 Å². The molecular weight excluding hydrogens is 396 g/mol. The summed E-state index contributed by atoms with van der Waals surface area (Å²) in [6.45, 7) is 3.00. The van der Waals surface area contributed by atoms with Gasteiger partial charge in [0.1, 0.15) is 5.54 Å². The maximum atomic E-state index is 14.1. The van der Waals surface area contributed by atoms with Gasteiger partial charge in [-0.2, -0.15) is 0 Å². The number of benzene rings is 2. The molecule has 2 unspecified atom stereocenters. The van der Waals surface area contributed by atoms with Crippen LogP contribution in [0.5, 0.6) is 0 Å². The van der Waals surface area contributed by atoms with E-state index in [0.717, 1.165) is 51.7 Å². The largest absolute Gasteiger partial charge is 0.337 e. The molecule has 0 bridgehead atoms. The molecule has 5 atom stereocenters. The molecule has 5 heteroatoms. The molecule has 7 rings (SSSR count). The van der Waals surface area contributed by atoms with Gasteiger partial charge >= 0.3 is 0 Å². The zero-order chi connectivity index (χ0) is 21.3. The van der Waals surface area contributed by atoms with Gasteiger partial charge in [-0.3, -0.25) is 15.1 Å². The maximum absolute atomic E-state index is 14.1. The summed E-state index contributed by atoms with van der Waals surface area (Å²) in [5, 5.41) is 0. The van der Waals surface area contributed by atoms with E-state index in [1.165, 1.54) is 16.7 Å². The average Bonchev–Trinajstić information content (AvgIpc) is 3.62. The molecule has 4 aliphatic heterocycles. The van der Waals surface area contributed by atoms with Gasteiger partial charge in [0.05, 0.1) is 6.04 Å². The zero-order valence-corrected chi connectivity index (χ0v) is 18.5. The van der Waals surface area contributed by atoms with Crippen molar-refractivity contribution < 1.29 is 4.79 Å². The highest BCUT2D eigenvalue weighted by Gasteiger charge is 2.67. The van der Waals surface area contributed by atoms with Crippen LogP contribution in [-0.4, -0.2) is 53.0 Å². The Hall–Kier alpha value is -2.21. The van der Waals surface area contributed by atoms with E-state index in [4.69, 9.17) is 0 Å². The molecule has 2 N–H and O–H groups in total. The molecule has 4 saturated heterocycles. The number of hydrogen-bond acceptors (Lipinski definition) is 4. The van der Waals surface area contributed by atoms with E-state index in [0.29, 0.717) is 35.9 Å². The van der Waals surface area contributed by atoms with E-state index in [-0.39, 0.29) is 5.54 Å². The molecule has 5 aliphatic rings. The molecule has 32 heavy (non-hydrogen) atoms. The first-order valence-electron chi connectivity index (χ1n) is 12.4. The predicted molar refractivity (Wildman–Crippen MR) is 124 cm³/mol. The Morgan fingerprint density at radius 3 is 2.50 bits per heavy atom. The molecule has 2 aromatic carbocycles. The summed E-state index contributed by atoms with van der Waals surface area (Å²) in [7, 11) is 0. The molecule has 0 aromatic heterocycles. The lowest BCUT2D eigenvalue weighted by Crippen LogP contribution is -2.54. The second kappa shape index (κ2) is 7.14. The number of nitrogens with one attached hydrogen (secondary N) is 2. The van der Waals surface area contributed by atoms with Crippen LogP contribution in [0.4, 0.5) is 0 Å². The van der Waals surface area contributed by atoms with Crippen LogP contribution in [0.25, 0.3) is 0 Å². The average molecular weight is 429 g/mol. The van der Waals surface area contributed by atoms with Crippen molar-refractivity contribution in [2.24, 2.45) is 11.8 Å². The summed E-state index contributed by atoms with van der Waals surface area (Å²) < 4.78 is 0. The van der Waals surface area contributed by atoms with E-state index in [1.54, 1.807) is 0 Å². The molecule has 4 fully saturated rings. The molecule has 0 saturated carbocycles. The zero-order valence-electron chi connectivity index (χ0n) is 18.5. The van der Waals surface area contributed by atoms with Crippen LogP contribution in [0.1, 0.15) is 42.0 Å². The van der Waals surface area contributed by atoms with E-state index < -0.39 is 0 Å². The Bertz CT molecular complexity index is 1020. The molecule has 166 valence electrons. The van der Waals surface area contributed by atoms with Gasteiger partial charge < -0.3 is 4.90 Å². The number of carbonyl (C=O) groups is 1. The van der Waals surface area contributed by atoms with Crippen molar-refractivity contribution in [3.8, 4) is 0 Å². The fraction of sp³-hybridized carbons (Fsp3) is 0.519. The number of likely N-dealkylation sites (tertiary alicyclic amines) is 1. The van der Waals surface area contributed by atoms with Gasteiger partial charge in [0.15, 0.2) is 0 Å². The van der Waals surface area contributed by atoms with Crippen LogP contribution in [-0.2, 0) is 17.6 Å². The summed E-state index contributed by atoms with van der Waals surface area (Å²) in [6, 6.07) is 20.7. The topological polar surface area (TPSA) is 47.6 Å². The lowest BCUT2D eigenvalue weighted by molar-refractivity contribution is -0.139. The lowest BCUT2D eigenvalue weighted by atomic mass is 9.83. The number of carbonyl (C=O) groups excluding carboxylic acids is 1. The number of hydrogen-bond donors (Lipinski definition) is 2. The summed E-state index contributed by atoms with van der Waals surface area (Å²) in [4.78, 5) is 19.0. The van der Waals surface area contributed by atoms with Crippen molar-refractivity contribution in [1.29, 1.82) is 0 Å². The molecule has 1 spiro atoms. The summed E-state index contributed by atoms with van der Waals surface area (Å²) in [5.41, 5.74) is 11.0. The number of amides is 1. The van der Waals surface area contributed by atoms with Crippen molar-refractivity contribution in [3.63, 3.8) is 0 Å². The fourth-order valence-corrected chi connectivity index (χ4v) is 7.91. The Labute approximate surface area is 190 Å². The Balaban J connectivity index is 1.16. The van der Waals surface area contributed by atoms with E-state index in [9.17, 15) is 4.79 Å².